The number of aryl methyl sites for hydroxylation is 1. The SMILES string of the molecule is Cc1ccc(C(=O)N[C@@H]2CC[C@@H](N3CCCC3)[C@@H]2O)c(=O)n1C. The Morgan fingerprint density at radius 3 is 2.65 bits per heavy atom. The Morgan fingerprint density at radius 2 is 1.96 bits per heavy atom. The second-order valence-corrected chi connectivity index (χ2v) is 6.71. The Balaban J connectivity index is 1.69. The number of nitrogens with zero attached hydrogens (tertiary/aromatic N) is 2. The topological polar surface area (TPSA) is 74.6 Å². The van der Waals surface area contributed by atoms with E-state index in [1.165, 1.54) is 17.4 Å². The summed E-state index contributed by atoms with van der Waals surface area (Å²) in [5.41, 5.74) is 0.641. The molecule has 2 aliphatic rings. The standard InChI is InChI=1S/C17H25N3O3/c1-11-5-6-12(17(23)19(11)2)16(22)18-13-7-8-14(15(13)21)20-9-3-4-10-20/h5-6,13-15,21H,3-4,7-10H2,1-2H3,(H,18,22)/t13-,14-,15-/m1/s1. The highest BCUT2D eigenvalue weighted by molar-refractivity contribution is 5.94. The molecule has 23 heavy (non-hydrogen) atoms. The minimum atomic E-state index is -0.564. The maximum Gasteiger partial charge on any atom is 0.263 e. The van der Waals surface area contributed by atoms with Gasteiger partial charge in [-0.2, -0.15) is 0 Å². The van der Waals surface area contributed by atoms with Crippen LogP contribution < -0.4 is 10.9 Å². The summed E-state index contributed by atoms with van der Waals surface area (Å²) in [5.74, 6) is -0.392. The van der Waals surface area contributed by atoms with E-state index in [1.807, 2.05) is 6.92 Å². The molecule has 2 N–H and O–H groups in total. The van der Waals surface area contributed by atoms with Crippen LogP contribution in [0.2, 0.25) is 0 Å². The number of hydrogen-bond acceptors (Lipinski definition) is 4. The molecule has 1 aliphatic heterocycles. The summed E-state index contributed by atoms with van der Waals surface area (Å²) in [7, 11) is 1.66. The molecule has 1 aromatic heterocycles. The van der Waals surface area contributed by atoms with Crippen molar-refractivity contribution in [3.8, 4) is 0 Å². The molecule has 3 atom stereocenters. The number of amides is 1. The molecule has 0 spiro atoms. The van der Waals surface area contributed by atoms with E-state index in [-0.39, 0.29) is 23.2 Å². The zero-order valence-electron chi connectivity index (χ0n) is 13.8. The van der Waals surface area contributed by atoms with Crippen LogP contribution in [0, 0.1) is 6.92 Å². The molecule has 6 nitrogen and oxygen atoms in total. The molecule has 0 radical (unpaired) electrons. The number of carbonyl (C=O) groups is 1. The third-order valence-corrected chi connectivity index (χ3v) is 5.31. The van der Waals surface area contributed by atoms with E-state index >= 15 is 0 Å². The third kappa shape index (κ3) is 3.05. The number of hydrogen-bond donors (Lipinski definition) is 2. The van der Waals surface area contributed by atoms with Gasteiger partial charge in [-0.25, -0.2) is 0 Å². The molecule has 2 heterocycles. The van der Waals surface area contributed by atoms with Gasteiger partial charge in [-0.1, -0.05) is 0 Å². The van der Waals surface area contributed by atoms with Gasteiger partial charge >= 0.3 is 0 Å². The smallest absolute Gasteiger partial charge is 0.263 e. The normalized spacial score (nSPS) is 28.2. The van der Waals surface area contributed by atoms with Gasteiger partial charge in [0.25, 0.3) is 11.5 Å². The van der Waals surface area contributed by atoms with Crippen LogP contribution in [0.3, 0.4) is 0 Å². The van der Waals surface area contributed by atoms with Gasteiger partial charge in [0.15, 0.2) is 0 Å². The highest BCUT2D eigenvalue weighted by atomic mass is 16.3. The van der Waals surface area contributed by atoms with E-state index in [1.54, 1.807) is 19.2 Å². The second-order valence-electron chi connectivity index (χ2n) is 6.71. The lowest BCUT2D eigenvalue weighted by Gasteiger charge is -2.28. The van der Waals surface area contributed by atoms with Crippen molar-refractivity contribution in [2.45, 2.75) is 50.8 Å². The minimum Gasteiger partial charge on any atom is -0.389 e. The molecule has 1 amide bonds. The van der Waals surface area contributed by atoms with E-state index in [0.717, 1.165) is 31.6 Å². The summed E-state index contributed by atoms with van der Waals surface area (Å²) in [6.45, 7) is 3.88. The molecule has 0 bridgehead atoms. The van der Waals surface area contributed by atoms with Gasteiger partial charge in [0.05, 0.1) is 12.1 Å². The lowest BCUT2D eigenvalue weighted by Crippen LogP contribution is -2.48. The molecule has 0 aromatic carbocycles. The fourth-order valence-corrected chi connectivity index (χ4v) is 3.74. The predicted molar refractivity (Wildman–Crippen MR) is 87.5 cm³/mol. The van der Waals surface area contributed by atoms with Crippen molar-refractivity contribution in [1.29, 1.82) is 0 Å². The summed E-state index contributed by atoms with van der Waals surface area (Å²) in [4.78, 5) is 26.9. The van der Waals surface area contributed by atoms with Gasteiger partial charge < -0.3 is 15.0 Å². The Bertz CT molecular complexity index is 649. The Hall–Kier alpha value is -1.66. The molecule has 1 saturated carbocycles. The summed E-state index contributed by atoms with van der Waals surface area (Å²) in [5, 5.41) is 13.4. The van der Waals surface area contributed by atoms with Crippen LogP contribution >= 0.6 is 0 Å². The largest absolute Gasteiger partial charge is 0.389 e. The van der Waals surface area contributed by atoms with Crippen LogP contribution in [0.15, 0.2) is 16.9 Å². The molecule has 1 aromatic rings. The third-order valence-electron chi connectivity index (χ3n) is 5.31. The molecule has 6 heteroatoms. The molecular weight excluding hydrogens is 294 g/mol. The van der Waals surface area contributed by atoms with Crippen LogP contribution in [0.1, 0.15) is 41.7 Å². The number of carbonyl (C=O) groups excluding carboxylic acids is 1. The van der Waals surface area contributed by atoms with Crippen molar-refractivity contribution in [3.05, 3.63) is 33.7 Å². The monoisotopic (exact) mass is 319 g/mol. The summed E-state index contributed by atoms with van der Waals surface area (Å²) < 4.78 is 1.47. The lowest BCUT2D eigenvalue weighted by atomic mass is 10.1. The maximum absolute atomic E-state index is 12.4. The van der Waals surface area contributed by atoms with Gasteiger partial charge in [0, 0.05) is 18.8 Å². The minimum absolute atomic E-state index is 0.128. The highest BCUT2D eigenvalue weighted by Gasteiger charge is 2.39. The summed E-state index contributed by atoms with van der Waals surface area (Å²) in [6.07, 6.45) is 3.43. The molecule has 3 rings (SSSR count). The van der Waals surface area contributed by atoms with Crippen LogP contribution in [-0.2, 0) is 7.05 Å². The number of rotatable bonds is 3. The van der Waals surface area contributed by atoms with Crippen LogP contribution in [0.5, 0.6) is 0 Å². The van der Waals surface area contributed by atoms with Gasteiger partial charge in [0.2, 0.25) is 0 Å². The van der Waals surface area contributed by atoms with Crippen molar-refractivity contribution in [1.82, 2.24) is 14.8 Å². The molecule has 1 aliphatic carbocycles. The first-order chi connectivity index (χ1) is 11.0. The number of nitrogens with one attached hydrogen (secondary N) is 1. The first-order valence-electron chi connectivity index (χ1n) is 8.38. The highest BCUT2D eigenvalue weighted by Crippen LogP contribution is 2.27. The summed E-state index contributed by atoms with van der Waals surface area (Å²) in [6, 6.07) is 3.17. The Morgan fingerprint density at radius 1 is 1.26 bits per heavy atom. The van der Waals surface area contributed by atoms with E-state index in [4.69, 9.17) is 0 Å². The van der Waals surface area contributed by atoms with Crippen molar-refractivity contribution in [2.75, 3.05) is 13.1 Å². The molecule has 126 valence electrons. The van der Waals surface area contributed by atoms with E-state index < -0.39 is 12.0 Å². The average Bonchev–Trinajstić information content (AvgIpc) is 3.16. The summed E-state index contributed by atoms with van der Waals surface area (Å²) >= 11 is 0. The number of likely N-dealkylation sites (tertiary alicyclic amines) is 1. The number of pyridine rings is 1. The predicted octanol–water partition coefficient (Wildman–Crippen LogP) is 0.411. The maximum atomic E-state index is 12.4. The zero-order valence-corrected chi connectivity index (χ0v) is 13.8. The van der Waals surface area contributed by atoms with E-state index in [0.29, 0.717) is 0 Å². The molecule has 1 saturated heterocycles. The second kappa shape index (κ2) is 6.45. The van der Waals surface area contributed by atoms with E-state index in [2.05, 4.69) is 10.2 Å². The van der Waals surface area contributed by atoms with Crippen molar-refractivity contribution < 1.29 is 9.90 Å². The van der Waals surface area contributed by atoms with Crippen LogP contribution in [0.4, 0.5) is 0 Å². The number of aliphatic hydroxyl groups excluding tert-OH is 1. The Labute approximate surface area is 136 Å². The fourth-order valence-electron chi connectivity index (χ4n) is 3.74. The average molecular weight is 319 g/mol. The molecule has 0 unspecified atom stereocenters. The number of aliphatic hydroxyl groups is 1. The Kier molecular flexibility index (Phi) is 4.55. The van der Waals surface area contributed by atoms with Crippen molar-refractivity contribution in [2.24, 2.45) is 7.05 Å². The zero-order chi connectivity index (χ0) is 16.6. The van der Waals surface area contributed by atoms with Crippen LogP contribution in [-0.4, -0.2) is 51.8 Å². The first-order valence-corrected chi connectivity index (χ1v) is 8.38. The molecular formula is C17H25N3O3. The van der Waals surface area contributed by atoms with Gasteiger partial charge in [-0.15, -0.1) is 0 Å². The fraction of sp³-hybridized carbons (Fsp3) is 0.647. The number of aromatic nitrogens is 1. The first kappa shape index (κ1) is 16.2. The van der Waals surface area contributed by atoms with E-state index in [9.17, 15) is 14.7 Å². The van der Waals surface area contributed by atoms with Crippen molar-refractivity contribution >= 4 is 5.91 Å². The van der Waals surface area contributed by atoms with Crippen molar-refractivity contribution in [3.63, 3.8) is 0 Å². The van der Waals surface area contributed by atoms with Gasteiger partial charge in [-0.3, -0.25) is 14.5 Å². The quantitative estimate of drug-likeness (QED) is 0.846. The van der Waals surface area contributed by atoms with Gasteiger partial charge in [0.1, 0.15) is 5.56 Å². The lowest BCUT2D eigenvalue weighted by molar-refractivity contribution is 0.0618. The molecule has 2 fully saturated rings. The van der Waals surface area contributed by atoms with Crippen LogP contribution in [0.25, 0.3) is 0 Å². The van der Waals surface area contributed by atoms with Gasteiger partial charge in [-0.05, 0) is 57.8 Å².